The van der Waals surface area contributed by atoms with Crippen LogP contribution >= 0.6 is 0 Å². The molecule has 1 amide bonds. The van der Waals surface area contributed by atoms with Gasteiger partial charge in [0.2, 0.25) is 0 Å². The lowest BCUT2D eigenvalue weighted by atomic mass is 9.85. The molecule has 1 aliphatic carbocycles. The molecule has 1 unspecified atom stereocenters. The van der Waals surface area contributed by atoms with E-state index in [0.29, 0.717) is 12.5 Å². The molecular formula is C28H36N2O3. The average Bonchev–Trinajstić information content (AvgIpc) is 3.04. The van der Waals surface area contributed by atoms with Crippen molar-refractivity contribution in [1.82, 2.24) is 10.2 Å². The van der Waals surface area contributed by atoms with Crippen molar-refractivity contribution >= 4 is 6.09 Å². The molecule has 4 aliphatic rings. The van der Waals surface area contributed by atoms with Crippen LogP contribution in [0.3, 0.4) is 0 Å². The lowest BCUT2D eigenvalue weighted by Gasteiger charge is -2.44. The second kappa shape index (κ2) is 8.68. The van der Waals surface area contributed by atoms with Crippen LogP contribution in [0.5, 0.6) is 5.75 Å². The average molecular weight is 449 g/mol. The molecule has 1 N–H and O–H groups in total. The number of rotatable bonds is 5. The topological polar surface area (TPSA) is 50.8 Å². The first kappa shape index (κ1) is 22.3. The van der Waals surface area contributed by atoms with Gasteiger partial charge in [-0.05, 0) is 86.4 Å². The standard InChI is InChI=1S/C28H36N2O3/c1-5-32-24-9-6-18(2)14-23(24)20-7-8-22-21(15-20)16-28(3,4)26(22)29-27(31)33-25-17-30-12-10-19(25)11-13-30/h6-9,14-15,19,25-26H,5,10-13,16-17H2,1-4H3,(H,29,31)/t25-,26?/m1/s1. The highest BCUT2D eigenvalue weighted by atomic mass is 16.6. The van der Waals surface area contributed by atoms with Crippen LogP contribution in [0.25, 0.3) is 11.1 Å². The summed E-state index contributed by atoms with van der Waals surface area (Å²) in [5, 5.41) is 3.23. The van der Waals surface area contributed by atoms with Crippen molar-refractivity contribution in [3.63, 3.8) is 0 Å². The summed E-state index contributed by atoms with van der Waals surface area (Å²) in [4.78, 5) is 15.3. The molecule has 0 spiro atoms. The Labute approximate surface area is 197 Å². The minimum Gasteiger partial charge on any atom is -0.493 e. The normalized spacial score (nSPS) is 27.2. The molecule has 3 heterocycles. The smallest absolute Gasteiger partial charge is 0.407 e. The van der Waals surface area contributed by atoms with Crippen molar-refractivity contribution < 1.29 is 14.3 Å². The molecule has 2 aromatic carbocycles. The minimum absolute atomic E-state index is 0.0252. The monoisotopic (exact) mass is 448 g/mol. The van der Waals surface area contributed by atoms with Crippen molar-refractivity contribution in [3.05, 3.63) is 53.1 Å². The maximum Gasteiger partial charge on any atom is 0.407 e. The first-order chi connectivity index (χ1) is 15.8. The quantitative estimate of drug-likeness (QED) is 0.656. The van der Waals surface area contributed by atoms with Gasteiger partial charge in [-0.3, -0.25) is 4.90 Å². The fraction of sp³-hybridized carbons (Fsp3) is 0.536. The van der Waals surface area contributed by atoms with E-state index in [-0.39, 0.29) is 23.7 Å². The summed E-state index contributed by atoms with van der Waals surface area (Å²) >= 11 is 0. The zero-order valence-corrected chi connectivity index (χ0v) is 20.3. The van der Waals surface area contributed by atoms with Crippen molar-refractivity contribution in [3.8, 4) is 16.9 Å². The van der Waals surface area contributed by atoms with Crippen molar-refractivity contribution in [2.24, 2.45) is 11.3 Å². The minimum atomic E-state index is -0.277. The maximum atomic E-state index is 12.9. The van der Waals surface area contributed by atoms with Gasteiger partial charge >= 0.3 is 6.09 Å². The molecule has 33 heavy (non-hydrogen) atoms. The molecule has 5 heteroatoms. The fourth-order valence-electron chi connectivity index (χ4n) is 5.98. The second-order valence-corrected chi connectivity index (χ2v) is 10.7. The van der Waals surface area contributed by atoms with Crippen molar-refractivity contribution in [2.45, 2.75) is 59.1 Å². The number of fused-ring (bicyclic) bond motifs is 4. The van der Waals surface area contributed by atoms with Crippen LogP contribution in [0.4, 0.5) is 4.79 Å². The van der Waals surface area contributed by atoms with Gasteiger partial charge in [-0.25, -0.2) is 4.79 Å². The van der Waals surface area contributed by atoms with Crippen LogP contribution in [0, 0.1) is 18.3 Å². The number of hydrogen-bond acceptors (Lipinski definition) is 4. The molecule has 0 saturated carbocycles. The predicted molar refractivity (Wildman–Crippen MR) is 131 cm³/mol. The number of amides is 1. The molecule has 2 atom stereocenters. The first-order valence-corrected chi connectivity index (χ1v) is 12.4. The molecule has 3 aliphatic heterocycles. The van der Waals surface area contributed by atoms with E-state index >= 15 is 0 Å². The van der Waals surface area contributed by atoms with Gasteiger partial charge in [0.25, 0.3) is 0 Å². The van der Waals surface area contributed by atoms with Crippen LogP contribution in [0.2, 0.25) is 0 Å². The molecule has 176 valence electrons. The molecule has 0 aromatic heterocycles. The summed E-state index contributed by atoms with van der Waals surface area (Å²) < 4.78 is 11.8. The summed E-state index contributed by atoms with van der Waals surface area (Å²) in [6.07, 6.45) is 2.94. The fourth-order valence-corrected chi connectivity index (χ4v) is 5.98. The largest absolute Gasteiger partial charge is 0.493 e. The van der Waals surface area contributed by atoms with Gasteiger partial charge in [0, 0.05) is 12.1 Å². The Morgan fingerprint density at radius 1 is 1.15 bits per heavy atom. The third-order valence-electron chi connectivity index (χ3n) is 7.74. The van der Waals surface area contributed by atoms with E-state index in [1.807, 2.05) is 6.92 Å². The highest BCUT2D eigenvalue weighted by molar-refractivity contribution is 5.73. The molecule has 2 bridgehead atoms. The van der Waals surface area contributed by atoms with Crippen LogP contribution in [0.15, 0.2) is 36.4 Å². The summed E-state index contributed by atoms with van der Waals surface area (Å²) in [6, 6.07) is 12.9. The zero-order chi connectivity index (χ0) is 23.2. The lowest BCUT2D eigenvalue weighted by Crippen LogP contribution is -2.53. The van der Waals surface area contributed by atoms with E-state index in [1.165, 1.54) is 16.7 Å². The number of carbonyl (C=O) groups is 1. The van der Waals surface area contributed by atoms with E-state index in [1.54, 1.807) is 0 Å². The number of aryl methyl sites for hydroxylation is 1. The van der Waals surface area contributed by atoms with Gasteiger partial charge in [0.15, 0.2) is 0 Å². The highest BCUT2D eigenvalue weighted by Gasteiger charge is 2.42. The summed E-state index contributed by atoms with van der Waals surface area (Å²) in [5.74, 6) is 1.43. The van der Waals surface area contributed by atoms with E-state index in [9.17, 15) is 4.79 Å². The van der Waals surface area contributed by atoms with Crippen LogP contribution in [0.1, 0.15) is 56.3 Å². The molecule has 2 aromatic rings. The molecule has 0 radical (unpaired) electrons. The Bertz CT molecular complexity index is 1040. The van der Waals surface area contributed by atoms with Crippen LogP contribution in [-0.2, 0) is 11.2 Å². The molecule has 3 saturated heterocycles. The third kappa shape index (κ3) is 4.35. The number of benzene rings is 2. The molecule has 5 nitrogen and oxygen atoms in total. The van der Waals surface area contributed by atoms with Crippen molar-refractivity contribution in [1.29, 1.82) is 0 Å². The Balaban J connectivity index is 1.36. The van der Waals surface area contributed by atoms with Crippen molar-refractivity contribution in [2.75, 3.05) is 26.2 Å². The van der Waals surface area contributed by atoms with E-state index in [4.69, 9.17) is 9.47 Å². The number of carbonyl (C=O) groups excluding carboxylic acids is 1. The maximum absolute atomic E-state index is 12.9. The van der Waals surface area contributed by atoms with E-state index < -0.39 is 0 Å². The number of alkyl carbamates (subject to hydrolysis) is 1. The van der Waals surface area contributed by atoms with E-state index in [2.05, 4.69) is 67.4 Å². The Morgan fingerprint density at radius 3 is 2.64 bits per heavy atom. The number of nitrogens with zero attached hydrogens (tertiary/aromatic N) is 1. The lowest BCUT2D eigenvalue weighted by molar-refractivity contribution is -0.0348. The van der Waals surface area contributed by atoms with Gasteiger partial charge in [-0.15, -0.1) is 0 Å². The van der Waals surface area contributed by atoms with Crippen LogP contribution in [-0.4, -0.2) is 43.3 Å². The number of ether oxygens (including phenoxy) is 2. The zero-order valence-electron chi connectivity index (χ0n) is 20.3. The summed E-state index contributed by atoms with van der Waals surface area (Å²) in [6.45, 7) is 12.4. The molecule has 6 rings (SSSR count). The highest BCUT2D eigenvalue weighted by Crippen LogP contribution is 2.47. The number of nitrogens with one attached hydrogen (secondary N) is 1. The third-order valence-corrected chi connectivity index (χ3v) is 7.74. The Morgan fingerprint density at radius 2 is 1.94 bits per heavy atom. The van der Waals surface area contributed by atoms with Gasteiger partial charge < -0.3 is 14.8 Å². The first-order valence-electron chi connectivity index (χ1n) is 12.4. The van der Waals surface area contributed by atoms with Gasteiger partial charge in [-0.2, -0.15) is 0 Å². The van der Waals surface area contributed by atoms with Gasteiger partial charge in [-0.1, -0.05) is 43.7 Å². The Kier molecular flexibility index (Phi) is 5.86. The number of hydrogen-bond donors (Lipinski definition) is 1. The van der Waals surface area contributed by atoms with Gasteiger partial charge in [0.1, 0.15) is 11.9 Å². The predicted octanol–water partition coefficient (Wildman–Crippen LogP) is 5.50. The Hall–Kier alpha value is -2.53. The summed E-state index contributed by atoms with van der Waals surface area (Å²) in [5.41, 5.74) is 5.90. The van der Waals surface area contributed by atoms with Crippen LogP contribution < -0.4 is 10.1 Å². The number of piperidine rings is 3. The molecule has 3 fully saturated rings. The second-order valence-electron chi connectivity index (χ2n) is 10.7. The SMILES string of the molecule is CCOc1ccc(C)cc1-c1ccc2c(c1)CC(C)(C)C2NC(=O)O[C@@H]1CN2CCC1CC2. The molecular weight excluding hydrogens is 412 g/mol. The van der Waals surface area contributed by atoms with Gasteiger partial charge in [0.05, 0.1) is 12.6 Å². The van der Waals surface area contributed by atoms with E-state index in [0.717, 1.165) is 55.8 Å². The summed E-state index contributed by atoms with van der Waals surface area (Å²) in [7, 11) is 0.